The number of carbonyl (C=O) groups is 1. The van der Waals surface area contributed by atoms with Gasteiger partial charge in [-0.05, 0) is 18.2 Å². The number of hydrogen-bond acceptors (Lipinski definition) is 3. The van der Waals surface area contributed by atoms with E-state index in [9.17, 15) is 9.18 Å². The quantitative estimate of drug-likeness (QED) is 0.809. The first kappa shape index (κ1) is 12.2. The summed E-state index contributed by atoms with van der Waals surface area (Å²) < 4.78 is 18.1. The van der Waals surface area contributed by atoms with Crippen LogP contribution in [0.1, 0.15) is 10.4 Å². The molecule has 1 aromatic rings. The first-order valence-corrected chi connectivity index (χ1v) is 6.58. The number of rotatable bonds is 2. The summed E-state index contributed by atoms with van der Waals surface area (Å²) in [5, 5.41) is 0. The molecule has 2 rings (SSSR count). The molecule has 1 aliphatic rings. The van der Waals surface area contributed by atoms with Crippen molar-refractivity contribution in [1.29, 1.82) is 0 Å². The van der Waals surface area contributed by atoms with Crippen molar-refractivity contribution in [1.82, 2.24) is 4.90 Å². The van der Waals surface area contributed by atoms with Gasteiger partial charge < -0.3 is 9.64 Å². The molecule has 0 atom stereocenters. The first-order chi connectivity index (χ1) is 8.22. The van der Waals surface area contributed by atoms with Gasteiger partial charge in [-0.1, -0.05) is 0 Å². The summed E-state index contributed by atoms with van der Waals surface area (Å²) in [6, 6.07) is 4.23. The maximum Gasteiger partial charge on any atom is 0.254 e. The summed E-state index contributed by atoms with van der Waals surface area (Å²) in [4.78, 5) is 13.9. The van der Waals surface area contributed by atoms with Crippen LogP contribution < -0.4 is 4.74 Å². The van der Waals surface area contributed by atoms with Gasteiger partial charge in [-0.3, -0.25) is 4.79 Å². The van der Waals surface area contributed by atoms with Crippen molar-refractivity contribution in [2.75, 3.05) is 31.7 Å². The van der Waals surface area contributed by atoms with E-state index in [2.05, 4.69) is 0 Å². The Hall–Kier alpha value is -1.23. The number of thioether (sulfide) groups is 1. The second kappa shape index (κ2) is 5.40. The van der Waals surface area contributed by atoms with Crippen molar-refractivity contribution >= 4 is 17.7 Å². The van der Waals surface area contributed by atoms with E-state index >= 15 is 0 Å². The Bertz CT molecular complexity index is 419. The molecule has 0 unspecified atom stereocenters. The number of carbonyl (C=O) groups excluding carboxylic acids is 1. The number of hydrogen-bond donors (Lipinski definition) is 0. The smallest absolute Gasteiger partial charge is 0.254 e. The van der Waals surface area contributed by atoms with E-state index in [0.717, 1.165) is 24.6 Å². The van der Waals surface area contributed by atoms with E-state index in [-0.39, 0.29) is 11.7 Å². The lowest BCUT2D eigenvalue weighted by molar-refractivity contribution is 0.0772. The van der Waals surface area contributed by atoms with Crippen molar-refractivity contribution < 1.29 is 13.9 Å². The SMILES string of the molecule is COc1cc(C(=O)N2CCSCC2)ccc1F. The molecule has 1 aromatic carbocycles. The minimum atomic E-state index is -0.446. The van der Waals surface area contributed by atoms with E-state index in [4.69, 9.17) is 4.74 Å². The first-order valence-electron chi connectivity index (χ1n) is 5.43. The van der Waals surface area contributed by atoms with Crippen LogP contribution in [-0.2, 0) is 0 Å². The summed E-state index contributed by atoms with van der Waals surface area (Å²) in [6.45, 7) is 1.51. The van der Waals surface area contributed by atoms with Gasteiger partial charge >= 0.3 is 0 Å². The summed E-state index contributed by atoms with van der Waals surface area (Å²) in [5.74, 6) is 1.54. The highest BCUT2D eigenvalue weighted by Gasteiger charge is 2.19. The molecule has 1 heterocycles. The van der Waals surface area contributed by atoms with Crippen LogP contribution in [0.2, 0.25) is 0 Å². The Morgan fingerprint density at radius 3 is 2.76 bits per heavy atom. The van der Waals surface area contributed by atoms with E-state index < -0.39 is 5.82 Å². The zero-order valence-electron chi connectivity index (χ0n) is 9.61. The molecule has 1 amide bonds. The lowest BCUT2D eigenvalue weighted by Crippen LogP contribution is -2.37. The minimum Gasteiger partial charge on any atom is -0.494 e. The lowest BCUT2D eigenvalue weighted by Gasteiger charge is -2.26. The molecule has 0 bridgehead atoms. The van der Waals surface area contributed by atoms with Crippen molar-refractivity contribution in [3.63, 3.8) is 0 Å². The molecule has 0 aliphatic carbocycles. The maximum absolute atomic E-state index is 13.2. The van der Waals surface area contributed by atoms with Gasteiger partial charge in [0.25, 0.3) is 5.91 Å². The third kappa shape index (κ3) is 2.72. The Kier molecular flexibility index (Phi) is 3.89. The fourth-order valence-corrected chi connectivity index (χ4v) is 2.64. The zero-order chi connectivity index (χ0) is 12.3. The average molecular weight is 255 g/mol. The second-order valence-corrected chi connectivity index (χ2v) is 4.98. The van der Waals surface area contributed by atoms with E-state index in [1.54, 1.807) is 4.90 Å². The van der Waals surface area contributed by atoms with Crippen LogP contribution in [0.15, 0.2) is 18.2 Å². The Morgan fingerprint density at radius 1 is 1.41 bits per heavy atom. The number of benzene rings is 1. The predicted molar refractivity (Wildman–Crippen MR) is 66.2 cm³/mol. The summed E-state index contributed by atoms with van der Waals surface area (Å²) in [6.07, 6.45) is 0. The van der Waals surface area contributed by atoms with Crippen LogP contribution in [0.25, 0.3) is 0 Å². The largest absolute Gasteiger partial charge is 0.494 e. The lowest BCUT2D eigenvalue weighted by atomic mass is 10.2. The fraction of sp³-hybridized carbons (Fsp3) is 0.417. The standard InChI is InChI=1S/C12H14FNO2S/c1-16-11-8-9(2-3-10(11)13)12(15)14-4-6-17-7-5-14/h2-3,8H,4-7H2,1H3. The molecule has 3 nitrogen and oxygen atoms in total. The Balaban J connectivity index is 2.18. The molecule has 5 heteroatoms. The number of amides is 1. The van der Waals surface area contributed by atoms with Crippen LogP contribution in [-0.4, -0.2) is 42.5 Å². The van der Waals surface area contributed by atoms with Gasteiger partial charge in [-0.2, -0.15) is 11.8 Å². The molecular formula is C12H14FNO2S. The van der Waals surface area contributed by atoms with Crippen LogP contribution >= 0.6 is 11.8 Å². The molecular weight excluding hydrogens is 241 g/mol. The topological polar surface area (TPSA) is 29.5 Å². The summed E-state index contributed by atoms with van der Waals surface area (Å²) in [5.41, 5.74) is 0.482. The van der Waals surface area contributed by atoms with Crippen LogP contribution in [0, 0.1) is 5.82 Å². The number of methoxy groups -OCH3 is 1. The van der Waals surface area contributed by atoms with Crippen LogP contribution in [0.4, 0.5) is 4.39 Å². The highest BCUT2D eigenvalue weighted by atomic mass is 32.2. The van der Waals surface area contributed by atoms with Gasteiger partial charge in [0.2, 0.25) is 0 Å². The average Bonchev–Trinajstić information content (AvgIpc) is 2.39. The van der Waals surface area contributed by atoms with Gasteiger partial charge in [0.1, 0.15) is 0 Å². The number of halogens is 1. The van der Waals surface area contributed by atoms with Gasteiger partial charge in [0, 0.05) is 30.2 Å². The Labute approximate surface area is 104 Å². The summed E-state index contributed by atoms with van der Waals surface area (Å²) in [7, 11) is 1.39. The highest BCUT2D eigenvalue weighted by Crippen LogP contribution is 2.20. The number of ether oxygens (including phenoxy) is 1. The van der Waals surface area contributed by atoms with Crippen molar-refractivity contribution in [2.24, 2.45) is 0 Å². The molecule has 0 radical (unpaired) electrons. The molecule has 0 saturated carbocycles. The van der Waals surface area contributed by atoms with Gasteiger partial charge in [0.15, 0.2) is 11.6 Å². The van der Waals surface area contributed by atoms with E-state index in [0.29, 0.717) is 5.56 Å². The molecule has 1 fully saturated rings. The predicted octanol–water partition coefficient (Wildman–Crippen LogP) is 2.02. The van der Waals surface area contributed by atoms with Crippen molar-refractivity contribution in [3.8, 4) is 5.75 Å². The highest BCUT2D eigenvalue weighted by molar-refractivity contribution is 7.99. The third-order valence-corrected chi connectivity index (χ3v) is 3.64. The van der Waals surface area contributed by atoms with Crippen LogP contribution in [0.5, 0.6) is 5.75 Å². The van der Waals surface area contributed by atoms with Crippen molar-refractivity contribution in [3.05, 3.63) is 29.6 Å². The van der Waals surface area contributed by atoms with E-state index in [1.807, 2.05) is 11.8 Å². The molecule has 0 spiro atoms. The zero-order valence-corrected chi connectivity index (χ0v) is 10.4. The molecule has 1 aliphatic heterocycles. The second-order valence-electron chi connectivity index (χ2n) is 3.75. The van der Waals surface area contributed by atoms with Crippen LogP contribution in [0.3, 0.4) is 0 Å². The Morgan fingerprint density at radius 2 is 2.12 bits per heavy atom. The maximum atomic E-state index is 13.2. The normalized spacial score (nSPS) is 15.8. The van der Waals surface area contributed by atoms with Crippen molar-refractivity contribution in [2.45, 2.75) is 0 Å². The third-order valence-electron chi connectivity index (χ3n) is 2.70. The molecule has 17 heavy (non-hydrogen) atoms. The van der Waals surface area contributed by atoms with E-state index in [1.165, 1.54) is 25.3 Å². The van der Waals surface area contributed by atoms with Gasteiger partial charge in [-0.25, -0.2) is 4.39 Å². The number of nitrogens with zero attached hydrogens (tertiary/aromatic N) is 1. The molecule has 92 valence electrons. The fourth-order valence-electron chi connectivity index (χ4n) is 1.74. The molecule has 0 N–H and O–H groups in total. The monoisotopic (exact) mass is 255 g/mol. The summed E-state index contributed by atoms with van der Waals surface area (Å²) >= 11 is 1.84. The minimum absolute atomic E-state index is 0.0522. The molecule has 1 saturated heterocycles. The van der Waals surface area contributed by atoms with Gasteiger partial charge in [0.05, 0.1) is 7.11 Å². The molecule has 0 aromatic heterocycles. The van der Waals surface area contributed by atoms with Gasteiger partial charge in [-0.15, -0.1) is 0 Å².